The van der Waals surface area contributed by atoms with Crippen LogP contribution in [0.3, 0.4) is 0 Å². The van der Waals surface area contributed by atoms with Crippen molar-refractivity contribution in [3.8, 4) is 0 Å². The Hall–Kier alpha value is -1.24. The highest BCUT2D eigenvalue weighted by Crippen LogP contribution is 2.40. The second-order valence-corrected chi connectivity index (χ2v) is 4.49. The fourth-order valence-corrected chi connectivity index (χ4v) is 1.60. The van der Waals surface area contributed by atoms with E-state index in [1.54, 1.807) is 0 Å². The van der Waals surface area contributed by atoms with Crippen LogP contribution in [0.2, 0.25) is 0 Å². The van der Waals surface area contributed by atoms with E-state index in [0.29, 0.717) is 18.2 Å². The molecule has 1 aromatic rings. The second kappa shape index (κ2) is 5.03. The molecule has 1 N–H and O–H groups in total. The molecule has 0 aliphatic heterocycles. The molecule has 0 spiro atoms. The van der Waals surface area contributed by atoms with Crippen molar-refractivity contribution in [3.63, 3.8) is 0 Å². The molecule has 0 fully saturated rings. The van der Waals surface area contributed by atoms with Crippen LogP contribution in [0.1, 0.15) is 36.6 Å². The van der Waals surface area contributed by atoms with Gasteiger partial charge in [-0.05, 0) is 29.7 Å². The van der Waals surface area contributed by atoms with Gasteiger partial charge in [-0.25, -0.2) is 0 Å². The number of hydrogen-bond donors (Lipinski definition) is 1. The predicted molar refractivity (Wildman–Crippen MR) is 56.2 cm³/mol. The van der Waals surface area contributed by atoms with Crippen LogP contribution in [0.5, 0.6) is 0 Å². The molecule has 0 aromatic heterocycles. The van der Waals surface area contributed by atoms with Crippen LogP contribution in [0.4, 0.5) is 26.3 Å². The third-order valence-corrected chi connectivity index (χ3v) is 2.63. The van der Waals surface area contributed by atoms with Crippen LogP contribution in [0, 0.1) is 5.92 Å². The first kappa shape index (κ1) is 15.8. The smallest absolute Gasteiger partial charge is 0.388 e. The summed E-state index contributed by atoms with van der Waals surface area (Å²) in [5, 5.41) is 9.66. The Balaban J connectivity index is 3.44. The van der Waals surface area contributed by atoms with Gasteiger partial charge in [0.15, 0.2) is 0 Å². The largest absolute Gasteiger partial charge is 0.416 e. The molecule has 0 saturated carbocycles. The molecule has 1 rings (SSSR count). The van der Waals surface area contributed by atoms with Gasteiger partial charge >= 0.3 is 12.4 Å². The Morgan fingerprint density at radius 3 is 1.84 bits per heavy atom. The second-order valence-electron chi connectivity index (χ2n) is 4.49. The van der Waals surface area contributed by atoms with Gasteiger partial charge in [-0.2, -0.15) is 26.3 Å². The zero-order chi connectivity index (χ0) is 15.0. The first-order valence-corrected chi connectivity index (χ1v) is 5.41. The van der Waals surface area contributed by atoms with E-state index < -0.39 is 41.1 Å². The number of rotatable bonds is 2. The molecule has 1 atom stereocenters. The number of aliphatic hydroxyl groups is 1. The van der Waals surface area contributed by atoms with Gasteiger partial charge in [0.25, 0.3) is 0 Å². The van der Waals surface area contributed by atoms with Crippen molar-refractivity contribution in [3.05, 3.63) is 34.9 Å². The molecule has 0 heterocycles. The number of benzene rings is 1. The number of halogens is 6. The van der Waals surface area contributed by atoms with Gasteiger partial charge in [-0.15, -0.1) is 0 Å². The van der Waals surface area contributed by atoms with Crippen LogP contribution >= 0.6 is 0 Å². The van der Waals surface area contributed by atoms with Crippen molar-refractivity contribution in [2.24, 2.45) is 5.92 Å². The van der Waals surface area contributed by atoms with E-state index >= 15 is 0 Å². The molecule has 0 bridgehead atoms. The van der Waals surface area contributed by atoms with Crippen LogP contribution < -0.4 is 0 Å². The van der Waals surface area contributed by atoms with Gasteiger partial charge in [0.1, 0.15) is 0 Å². The molecule has 0 amide bonds. The van der Waals surface area contributed by atoms with Crippen molar-refractivity contribution < 1.29 is 31.4 Å². The Morgan fingerprint density at radius 2 is 1.47 bits per heavy atom. The van der Waals surface area contributed by atoms with Crippen molar-refractivity contribution >= 4 is 0 Å². The zero-order valence-corrected chi connectivity index (χ0v) is 10.1. The first-order chi connectivity index (χ1) is 8.44. The third kappa shape index (κ3) is 3.62. The summed E-state index contributed by atoms with van der Waals surface area (Å²) in [6.07, 6.45) is -11.2. The standard InChI is InChI=1S/C12H12F6O/c1-6(2)10(19)8-5-7(11(13,14)15)3-4-9(8)12(16,17)18/h3-6,10,19H,1-2H3. The molecule has 0 saturated heterocycles. The minimum Gasteiger partial charge on any atom is -0.388 e. The molecule has 0 radical (unpaired) electrons. The lowest BCUT2D eigenvalue weighted by molar-refractivity contribution is -0.142. The number of aliphatic hydroxyl groups excluding tert-OH is 1. The van der Waals surface area contributed by atoms with Crippen molar-refractivity contribution in [2.45, 2.75) is 32.3 Å². The van der Waals surface area contributed by atoms with E-state index in [1.165, 1.54) is 13.8 Å². The Kier molecular flexibility index (Phi) is 4.19. The average molecular weight is 286 g/mol. The molecule has 108 valence electrons. The minimum atomic E-state index is -4.81. The van der Waals surface area contributed by atoms with Gasteiger partial charge in [-0.1, -0.05) is 13.8 Å². The van der Waals surface area contributed by atoms with Gasteiger partial charge in [0.05, 0.1) is 17.2 Å². The monoisotopic (exact) mass is 286 g/mol. The summed E-state index contributed by atoms with van der Waals surface area (Å²) in [7, 11) is 0. The Bertz CT molecular complexity index is 447. The molecule has 19 heavy (non-hydrogen) atoms. The SMILES string of the molecule is CC(C)C(O)c1cc(C(F)(F)F)ccc1C(F)(F)F. The van der Waals surface area contributed by atoms with E-state index in [9.17, 15) is 31.4 Å². The molecular weight excluding hydrogens is 274 g/mol. The molecule has 1 aromatic carbocycles. The summed E-state index contributed by atoms with van der Waals surface area (Å²) in [4.78, 5) is 0. The van der Waals surface area contributed by atoms with Gasteiger partial charge < -0.3 is 5.11 Å². The maximum atomic E-state index is 12.7. The highest BCUT2D eigenvalue weighted by atomic mass is 19.4. The van der Waals surface area contributed by atoms with Crippen LogP contribution in [-0.4, -0.2) is 5.11 Å². The highest BCUT2D eigenvalue weighted by molar-refractivity contribution is 5.37. The van der Waals surface area contributed by atoms with Gasteiger partial charge in [-0.3, -0.25) is 0 Å². The summed E-state index contributed by atoms with van der Waals surface area (Å²) in [6.45, 7) is 2.84. The van der Waals surface area contributed by atoms with Crippen molar-refractivity contribution in [2.75, 3.05) is 0 Å². The summed E-state index contributed by atoms with van der Waals surface area (Å²) >= 11 is 0. The quantitative estimate of drug-likeness (QED) is 0.798. The van der Waals surface area contributed by atoms with E-state index in [4.69, 9.17) is 0 Å². The molecule has 0 aliphatic rings. The minimum absolute atomic E-state index is 0.351. The first-order valence-electron chi connectivity index (χ1n) is 5.41. The third-order valence-electron chi connectivity index (χ3n) is 2.63. The van der Waals surface area contributed by atoms with Gasteiger partial charge in [0, 0.05) is 0 Å². The lowest BCUT2D eigenvalue weighted by Gasteiger charge is -2.21. The van der Waals surface area contributed by atoms with Crippen LogP contribution in [0.15, 0.2) is 18.2 Å². The summed E-state index contributed by atoms with van der Waals surface area (Å²) < 4.78 is 75.6. The highest BCUT2D eigenvalue weighted by Gasteiger charge is 2.38. The lowest BCUT2D eigenvalue weighted by atomic mass is 9.92. The average Bonchev–Trinajstić information content (AvgIpc) is 2.24. The maximum Gasteiger partial charge on any atom is 0.416 e. The summed E-state index contributed by atoms with van der Waals surface area (Å²) in [5.74, 6) is -0.635. The lowest BCUT2D eigenvalue weighted by Crippen LogP contribution is -2.17. The van der Waals surface area contributed by atoms with Crippen molar-refractivity contribution in [1.29, 1.82) is 0 Å². The van der Waals surface area contributed by atoms with Crippen LogP contribution in [0.25, 0.3) is 0 Å². The fourth-order valence-electron chi connectivity index (χ4n) is 1.60. The normalized spacial score (nSPS) is 14.8. The maximum absolute atomic E-state index is 12.7. The van der Waals surface area contributed by atoms with E-state index in [-0.39, 0.29) is 0 Å². The zero-order valence-electron chi connectivity index (χ0n) is 10.1. The summed E-state index contributed by atoms with van der Waals surface area (Å²) in [6, 6.07) is 1.07. The van der Waals surface area contributed by atoms with Gasteiger partial charge in [0.2, 0.25) is 0 Å². The van der Waals surface area contributed by atoms with E-state index in [1.807, 2.05) is 0 Å². The summed E-state index contributed by atoms with van der Waals surface area (Å²) in [5.41, 5.74) is -3.21. The number of hydrogen-bond acceptors (Lipinski definition) is 1. The predicted octanol–water partition coefficient (Wildman–Crippen LogP) is 4.41. The topological polar surface area (TPSA) is 20.2 Å². The van der Waals surface area contributed by atoms with Crippen molar-refractivity contribution in [1.82, 2.24) is 0 Å². The molecule has 7 heteroatoms. The van der Waals surface area contributed by atoms with E-state index in [2.05, 4.69) is 0 Å². The Labute approximate surface area is 105 Å². The number of alkyl halides is 6. The molecule has 0 aliphatic carbocycles. The Morgan fingerprint density at radius 1 is 0.947 bits per heavy atom. The molecule has 1 nitrogen and oxygen atoms in total. The molecular formula is C12H12F6O. The fraction of sp³-hybridized carbons (Fsp3) is 0.500. The van der Waals surface area contributed by atoms with E-state index in [0.717, 1.165) is 0 Å². The molecule has 1 unspecified atom stereocenters. The van der Waals surface area contributed by atoms with Crippen LogP contribution in [-0.2, 0) is 12.4 Å².